The van der Waals surface area contributed by atoms with Gasteiger partial charge in [-0.25, -0.2) is 0 Å². The summed E-state index contributed by atoms with van der Waals surface area (Å²) < 4.78 is 0. The summed E-state index contributed by atoms with van der Waals surface area (Å²) in [5.74, 6) is 0.566. The van der Waals surface area contributed by atoms with Crippen molar-refractivity contribution in [2.24, 2.45) is 0 Å². The second-order valence-corrected chi connectivity index (χ2v) is 10.2. The van der Waals surface area contributed by atoms with Crippen molar-refractivity contribution in [1.82, 2.24) is 0 Å². The first-order valence-electron chi connectivity index (χ1n) is 8.00. The number of benzene rings is 2. The average molecular weight is 363 g/mol. The minimum atomic E-state index is 0.00880. The van der Waals surface area contributed by atoms with Gasteiger partial charge in [-0.2, -0.15) is 0 Å². The zero-order valence-corrected chi connectivity index (χ0v) is 16.8. The second kappa shape index (κ2) is 6.93. The van der Waals surface area contributed by atoms with Crippen LogP contribution in [0.4, 0.5) is 0 Å². The molecule has 0 bridgehead atoms. The van der Waals surface area contributed by atoms with Crippen molar-refractivity contribution in [3.8, 4) is 11.5 Å². The number of hydrogen-bond acceptors (Lipinski definition) is 4. The molecule has 0 amide bonds. The van der Waals surface area contributed by atoms with Crippen molar-refractivity contribution in [1.29, 1.82) is 0 Å². The van der Waals surface area contributed by atoms with Crippen molar-refractivity contribution in [2.45, 2.75) is 62.2 Å². The lowest BCUT2D eigenvalue weighted by Crippen LogP contribution is -2.10. The van der Waals surface area contributed by atoms with Gasteiger partial charge in [0.2, 0.25) is 0 Å². The lowest BCUT2D eigenvalue weighted by molar-refractivity contribution is 0.457. The predicted molar refractivity (Wildman–Crippen MR) is 105 cm³/mol. The standard InChI is InChI=1S/C20H26O2S2/c1-19(2,3)13-7-9-17(15(21)11-13)23-24-18-10-8-14(12-16(18)22)20(4,5)6/h7-12,21-22H,1-6H3. The van der Waals surface area contributed by atoms with E-state index in [0.717, 1.165) is 20.9 Å². The molecule has 0 saturated heterocycles. The molecule has 4 heteroatoms. The highest BCUT2D eigenvalue weighted by atomic mass is 33.1. The van der Waals surface area contributed by atoms with E-state index in [0.29, 0.717) is 0 Å². The minimum absolute atomic E-state index is 0.00880. The highest BCUT2D eigenvalue weighted by molar-refractivity contribution is 8.76. The van der Waals surface area contributed by atoms with E-state index in [1.807, 2.05) is 36.4 Å². The van der Waals surface area contributed by atoms with Crippen LogP contribution in [0, 0.1) is 0 Å². The summed E-state index contributed by atoms with van der Waals surface area (Å²) in [5, 5.41) is 20.5. The number of phenols is 2. The van der Waals surface area contributed by atoms with Crippen LogP contribution in [0.5, 0.6) is 11.5 Å². The Morgan fingerprint density at radius 3 is 1.21 bits per heavy atom. The van der Waals surface area contributed by atoms with Gasteiger partial charge in [0.15, 0.2) is 0 Å². The monoisotopic (exact) mass is 362 g/mol. The van der Waals surface area contributed by atoms with Gasteiger partial charge in [-0.3, -0.25) is 0 Å². The summed E-state index contributed by atoms with van der Waals surface area (Å²) in [7, 11) is 2.91. The normalized spacial score (nSPS) is 12.4. The summed E-state index contributed by atoms with van der Waals surface area (Å²) in [5.41, 5.74) is 2.22. The summed E-state index contributed by atoms with van der Waals surface area (Å²) in [4.78, 5) is 1.60. The zero-order valence-electron chi connectivity index (χ0n) is 15.2. The molecular formula is C20H26O2S2. The van der Waals surface area contributed by atoms with E-state index < -0.39 is 0 Å². The third kappa shape index (κ3) is 4.64. The van der Waals surface area contributed by atoms with Crippen LogP contribution in [-0.2, 0) is 10.8 Å². The van der Waals surface area contributed by atoms with E-state index in [1.165, 1.54) is 21.6 Å². The van der Waals surface area contributed by atoms with Gasteiger partial charge in [-0.1, -0.05) is 53.7 Å². The molecule has 130 valence electrons. The van der Waals surface area contributed by atoms with E-state index in [9.17, 15) is 10.2 Å². The van der Waals surface area contributed by atoms with Gasteiger partial charge in [0.1, 0.15) is 11.5 Å². The van der Waals surface area contributed by atoms with E-state index >= 15 is 0 Å². The largest absolute Gasteiger partial charge is 0.507 e. The van der Waals surface area contributed by atoms with Crippen molar-refractivity contribution in [3.63, 3.8) is 0 Å². The van der Waals surface area contributed by atoms with Gasteiger partial charge in [-0.15, -0.1) is 0 Å². The highest BCUT2D eigenvalue weighted by Gasteiger charge is 2.17. The first kappa shape index (κ1) is 19.1. The molecule has 0 atom stereocenters. The molecule has 0 aliphatic carbocycles. The molecule has 0 radical (unpaired) electrons. The smallest absolute Gasteiger partial charge is 0.130 e. The maximum atomic E-state index is 10.3. The molecule has 24 heavy (non-hydrogen) atoms. The maximum Gasteiger partial charge on any atom is 0.130 e. The van der Waals surface area contributed by atoms with Crippen LogP contribution in [0.15, 0.2) is 46.2 Å². The van der Waals surface area contributed by atoms with Crippen LogP contribution in [0.25, 0.3) is 0 Å². The van der Waals surface area contributed by atoms with Crippen LogP contribution in [0.3, 0.4) is 0 Å². The van der Waals surface area contributed by atoms with Gasteiger partial charge in [0.25, 0.3) is 0 Å². The van der Waals surface area contributed by atoms with Crippen molar-refractivity contribution in [3.05, 3.63) is 47.5 Å². The van der Waals surface area contributed by atoms with Crippen LogP contribution >= 0.6 is 21.6 Å². The van der Waals surface area contributed by atoms with Crippen molar-refractivity contribution < 1.29 is 10.2 Å². The topological polar surface area (TPSA) is 40.5 Å². The number of hydrogen-bond donors (Lipinski definition) is 2. The number of aromatic hydroxyl groups is 2. The van der Waals surface area contributed by atoms with E-state index in [1.54, 1.807) is 0 Å². The predicted octanol–water partition coefficient (Wildman–Crippen LogP) is 6.49. The molecule has 2 aromatic rings. The Balaban J connectivity index is 2.14. The Hall–Kier alpha value is -1.26. The Kier molecular flexibility index (Phi) is 5.50. The Morgan fingerprint density at radius 2 is 0.958 bits per heavy atom. The molecule has 2 aromatic carbocycles. The number of rotatable bonds is 3. The third-order valence-electron chi connectivity index (χ3n) is 3.87. The molecule has 0 saturated carbocycles. The highest BCUT2D eigenvalue weighted by Crippen LogP contribution is 2.45. The third-order valence-corrected chi connectivity index (χ3v) is 6.33. The summed E-state index contributed by atoms with van der Waals surface area (Å²) in [6, 6.07) is 11.6. The Bertz CT molecular complexity index is 662. The van der Waals surface area contributed by atoms with Crippen LogP contribution in [-0.4, -0.2) is 10.2 Å². The van der Waals surface area contributed by atoms with Gasteiger partial charge >= 0.3 is 0 Å². The fourth-order valence-corrected chi connectivity index (χ4v) is 4.30. The average Bonchev–Trinajstić information content (AvgIpc) is 2.45. The molecule has 2 rings (SSSR count). The molecular weight excluding hydrogens is 336 g/mol. The van der Waals surface area contributed by atoms with Crippen LogP contribution < -0.4 is 0 Å². The molecule has 0 heterocycles. The van der Waals surface area contributed by atoms with Crippen molar-refractivity contribution >= 4 is 21.6 Å². The molecule has 0 unspecified atom stereocenters. The fourth-order valence-electron chi connectivity index (χ4n) is 2.20. The molecule has 0 aliphatic heterocycles. The van der Waals surface area contributed by atoms with Gasteiger partial charge in [-0.05, 0) is 67.8 Å². The van der Waals surface area contributed by atoms with Gasteiger partial charge in [0, 0.05) is 0 Å². The van der Waals surface area contributed by atoms with Crippen molar-refractivity contribution in [2.75, 3.05) is 0 Å². The van der Waals surface area contributed by atoms with E-state index in [-0.39, 0.29) is 22.3 Å². The van der Waals surface area contributed by atoms with Crippen LogP contribution in [0.1, 0.15) is 52.7 Å². The maximum absolute atomic E-state index is 10.3. The fraction of sp³-hybridized carbons (Fsp3) is 0.400. The van der Waals surface area contributed by atoms with Gasteiger partial charge in [0.05, 0.1) is 9.79 Å². The zero-order chi connectivity index (χ0) is 18.1. The summed E-state index contributed by atoms with van der Waals surface area (Å²) >= 11 is 0. The first-order chi connectivity index (χ1) is 11.0. The lowest BCUT2D eigenvalue weighted by atomic mass is 9.87. The molecule has 0 fully saturated rings. The molecule has 2 nitrogen and oxygen atoms in total. The first-order valence-corrected chi connectivity index (χ1v) is 10.1. The van der Waals surface area contributed by atoms with Gasteiger partial charge < -0.3 is 10.2 Å². The Morgan fingerprint density at radius 1 is 0.625 bits per heavy atom. The van der Waals surface area contributed by atoms with E-state index in [4.69, 9.17) is 0 Å². The number of phenolic OH excluding ortho intramolecular Hbond substituents is 2. The quantitative estimate of drug-likeness (QED) is 0.612. The molecule has 2 N–H and O–H groups in total. The Labute approximate surface area is 153 Å². The lowest BCUT2D eigenvalue weighted by Gasteiger charge is -2.20. The van der Waals surface area contributed by atoms with E-state index in [2.05, 4.69) is 41.5 Å². The molecule has 0 aromatic heterocycles. The molecule has 0 spiro atoms. The second-order valence-electron chi connectivity index (χ2n) is 8.03. The molecule has 0 aliphatic rings. The SMILES string of the molecule is CC(C)(C)c1ccc(SSc2ccc(C(C)(C)C)cc2O)c(O)c1. The van der Waals surface area contributed by atoms with Crippen LogP contribution in [0.2, 0.25) is 0 Å². The minimum Gasteiger partial charge on any atom is -0.507 e. The summed E-state index contributed by atoms with van der Waals surface area (Å²) in [6.07, 6.45) is 0. The summed E-state index contributed by atoms with van der Waals surface area (Å²) in [6.45, 7) is 12.7.